The van der Waals surface area contributed by atoms with Gasteiger partial charge in [0, 0.05) is 12.5 Å². The number of nitrogens with zero attached hydrogens (tertiary/aromatic N) is 1. The molecule has 0 aliphatic heterocycles. The molecule has 0 N–H and O–H groups in total. The summed E-state index contributed by atoms with van der Waals surface area (Å²) in [5.74, 6) is 1.36. The molecule has 0 spiro atoms. The van der Waals surface area contributed by atoms with Gasteiger partial charge in [0.05, 0.1) is 7.11 Å². The summed E-state index contributed by atoms with van der Waals surface area (Å²) in [6, 6.07) is 19.1. The third-order valence-electron chi connectivity index (χ3n) is 4.06. The summed E-state index contributed by atoms with van der Waals surface area (Å²) >= 11 is 0. The maximum Gasteiger partial charge on any atom is 0.119 e. The normalized spacial score (nSPS) is 13.2. The highest BCUT2D eigenvalue weighted by atomic mass is 16.5. The van der Waals surface area contributed by atoms with Gasteiger partial charge in [0.2, 0.25) is 0 Å². The zero-order valence-electron chi connectivity index (χ0n) is 14.6. The molecule has 122 valence electrons. The number of hydrogen-bond donors (Lipinski definition) is 0. The Kier molecular flexibility index (Phi) is 6.42. The van der Waals surface area contributed by atoms with Gasteiger partial charge in [-0.2, -0.15) is 0 Å². The molecule has 0 radical (unpaired) electrons. The van der Waals surface area contributed by atoms with Crippen LogP contribution in [-0.2, 0) is 6.42 Å². The van der Waals surface area contributed by atoms with Crippen LogP contribution < -0.4 is 4.74 Å². The lowest BCUT2D eigenvalue weighted by molar-refractivity contribution is 0.363. The molecule has 0 fully saturated rings. The summed E-state index contributed by atoms with van der Waals surface area (Å²) < 4.78 is 5.39. The van der Waals surface area contributed by atoms with Gasteiger partial charge in [-0.1, -0.05) is 48.5 Å². The Morgan fingerprint density at radius 3 is 2.43 bits per heavy atom. The molecule has 1 atom stereocenters. The Bertz CT molecular complexity index is 631. The van der Waals surface area contributed by atoms with Crippen molar-refractivity contribution in [3.8, 4) is 5.75 Å². The fourth-order valence-corrected chi connectivity index (χ4v) is 3.05. The Labute approximate surface area is 140 Å². The van der Waals surface area contributed by atoms with Crippen molar-refractivity contribution >= 4 is 5.57 Å². The third-order valence-corrected chi connectivity index (χ3v) is 4.06. The Morgan fingerprint density at radius 2 is 1.83 bits per heavy atom. The maximum atomic E-state index is 5.39. The van der Waals surface area contributed by atoms with E-state index in [0.717, 1.165) is 18.7 Å². The van der Waals surface area contributed by atoms with Crippen molar-refractivity contribution in [1.82, 2.24) is 4.90 Å². The van der Waals surface area contributed by atoms with Gasteiger partial charge in [-0.05, 0) is 56.3 Å². The standard InChI is InChI=1S/C21H27NO/c1-5-21(18-12-9-13-20(15-18)23-4)19(16-22(2)3)14-17-10-7-6-8-11-17/h5-13,15,19H,14,16H2,1-4H3/b21-5+. The van der Waals surface area contributed by atoms with Crippen molar-refractivity contribution in [1.29, 1.82) is 0 Å². The minimum absolute atomic E-state index is 0.449. The summed E-state index contributed by atoms with van der Waals surface area (Å²) in [5, 5.41) is 0. The van der Waals surface area contributed by atoms with Crippen molar-refractivity contribution in [3.05, 3.63) is 71.8 Å². The second-order valence-corrected chi connectivity index (χ2v) is 6.12. The van der Waals surface area contributed by atoms with Crippen LogP contribution in [0.3, 0.4) is 0 Å². The summed E-state index contributed by atoms with van der Waals surface area (Å²) in [6.45, 7) is 3.15. The molecule has 0 saturated heterocycles. The minimum atomic E-state index is 0.449. The lowest BCUT2D eigenvalue weighted by atomic mass is 9.86. The van der Waals surface area contributed by atoms with Crippen LogP contribution in [-0.4, -0.2) is 32.6 Å². The highest BCUT2D eigenvalue weighted by Gasteiger charge is 2.17. The van der Waals surface area contributed by atoms with E-state index in [1.54, 1.807) is 7.11 Å². The molecule has 2 aromatic rings. The smallest absolute Gasteiger partial charge is 0.119 e. The molecule has 0 aromatic heterocycles. The van der Waals surface area contributed by atoms with Gasteiger partial charge in [-0.15, -0.1) is 0 Å². The molecular formula is C21H27NO. The Hall–Kier alpha value is -2.06. The molecule has 0 saturated carbocycles. The maximum absolute atomic E-state index is 5.39. The van der Waals surface area contributed by atoms with Crippen molar-refractivity contribution < 1.29 is 4.74 Å². The first-order chi connectivity index (χ1) is 11.1. The Morgan fingerprint density at radius 1 is 1.09 bits per heavy atom. The molecule has 0 heterocycles. The van der Waals surface area contributed by atoms with Crippen LogP contribution in [0.15, 0.2) is 60.7 Å². The SMILES string of the molecule is C/C=C(\c1cccc(OC)c1)C(Cc1ccccc1)CN(C)C. The van der Waals surface area contributed by atoms with E-state index in [0.29, 0.717) is 5.92 Å². The summed E-state index contributed by atoms with van der Waals surface area (Å²) in [6.07, 6.45) is 3.28. The van der Waals surface area contributed by atoms with E-state index in [1.807, 2.05) is 6.07 Å². The van der Waals surface area contributed by atoms with Gasteiger partial charge in [0.1, 0.15) is 5.75 Å². The molecular weight excluding hydrogens is 282 g/mol. The van der Waals surface area contributed by atoms with Crippen LogP contribution in [0, 0.1) is 5.92 Å². The predicted molar refractivity (Wildman–Crippen MR) is 98.8 cm³/mol. The fraction of sp³-hybridized carbons (Fsp3) is 0.333. The van der Waals surface area contributed by atoms with E-state index < -0.39 is 0 Å². The van der Waals surface area contributed by atoms with E-state index in [9.17, 15) is 0 Å². The third kappa shape index (κ3) is 4.97. The molecule has 2 aromatic carbocycles. The molecule has 0 aliphatic rings. The number of hydrogen-bond acceptors (Lipinski definition) is 2. The second kappa shape index (κ2) is 8.54. The van der Waals surface area contributed by atoms with Crippen molar-refractivity contribution in [3.63, 3.8) is 0 Å². The largest absolute Gasteiger partial charge is 0.497 e. The van der Waals surface area contributed by atoms with Crippen molar-refractivity contribution in [2.24, 2.45) is 5.92 Å². The van der Waals surface area contributed by atoms with Crippen LogP contribution in [0.25, 0.3) is 5.57 Å². The van der Waals surface area contributed by atoms with Crippen molar-refractivity contribution in [2.45, 2.75) is 13.3 Å². The number of ether oxygens (including phenoxy) is 1. The molecule has 2 nitrogen and oxygen atoms in total. The monoisotopic (exact) mass is 309 g/mol. The van der Waals surface area contributed by atoms with Gasteiger partial charge in [0.15, 0.2) is 0 Å². The number of benzene rings is 2. The van der Waals surface area contributed by atoms with E-state index >= 15 is 0 Å². The van der Waals surface area contributed by atoms with Gasteiger partial charge in [-0.3, -0.25) is 0 Å². The molecule has 0 aliphatic carbocycles. The van der Waals surface area contributed by atoms with Crippen LogP contribution in [0.5, 0.6) is 5.75 Å². The van der Waals surface area contributed by atoms with E-state index in [2.05, 4.69) is 80.5 Å². The van der Waals surface area contributed by atoms with E-state index in [-0.39, 0.29) is 0 Å². The van der Waals surface area contributed by atoms with Gasteiger partial charge >= 0.3 is 0 Å². The first-order valence-electron chi connectivity index (χ1n) is 8.13. The van der Waals surface area contributed by atoms with Crippen LogP contribution >= 0.6 is 0 Å². The minimum Gasteiger partial charge on any atom is -0.497 e. The molecule has 23 heavy (non-hydrogen) atoms. The van der Waals surface area contributed by atoms with Gasteiger partial charge in [-0.25, -0.2) is 0 Å². The molecule has 1 unspecified atom stereocenters. The molecule has 0 amide bonds. The Balaban J connectivity index is 2.31. The highest BCUT2D eigenvalue weighted by molar-refractivity contribution is 5.68. The fourth-order valence-electron chi connectivity index (χ4n) is 3.05. The molecule has 2 rings (SSSR count). The lowest BCUT2D eigenvalue weighted by Crippen LogP contribution is -2.24. The predicted octanol–water partition coefficient (Wildman–Crippen LogP) is 4.52. The quantitative estimate of drug-likeness (QED) is 0.745. The first-order valence-corrected chi connectivity index (χ1v) is 8.13. The van der Waals surface area contributed by atoms with Crippen LogP contribution in [0.4, 0.5) is 0 Å². The van der Waals surface area contributed by atoms with E-state index in [1.165, 1.54) is 16.7 Å². The van der Waals surface area contributed by atoms with Gasteiger partial charge in [0.25, 0.3) is 0 Å². The summed E-state index contributed by atoms with van der Waals surface area (Å²) in [5.41, 5.74) is 4.00. The van der Waals surface area contributed by atoms with Crippen LogP contribution in [0.2, 0.25) is 0 Å². The highest BCUT2D eigenvalue weighted by Crippen LogP contribution is 2.29. The zero-order valence-corrected chi connectivity index (χ0v) is 14.6. The molecule has 2 heteroatoms. The van der Waals surface area contributed by atoms with Gasteiger partial charge < -0.3 is 9.64 Å². The summed E-state index contributed by atoms with van der Waals surface area (Å²) in [7, 11) is 5.99. The number of methoxy groups -OCH3 is 1. The van der Waals surface area contributed by atoms with Crippen LogP contribution in [0.1, 0.15) is 18.1 Å². The number of rotatable bonds is 7. The first kappa shape index (κ1) is 17.3. The van der Waals surface area contributed by atoms with E-state index in [4.69, 9.17) is 4.74 Å². The molecule has 0 bridgehead atoms. The van der Waals surface area contributed by atoms with Crippen molar-refractivity contribution in [2.75, 3.05) is 27.7 Å². The average Bonchev–Trinajstić information content (AvgIpc) is 2.56. The topological polar surface area (TPSA) is 12.5 Å². The lowest BCUT2D eigenvalue weighted by Gasteiger charge is -2.25. The second-order valence-electron chi connectivity index (χ2n) is 6.12. The zero-order chi connectivity index (χ0) is 16.7. The average molecular weight is 309 g/mol. The summed E-state index contributed by atoms with van der Waals surface area (Å²) in [4.78, 5) is 2.26. The number of allylic oxidation sites excluding steroid dienone is 1.